The van der Waals surface area contributed by atoms with Crippen LogP contribution in [0.25, 0.3) is 0 Å². The number of likely N-dealkylation sites (tertiary alicyclic amines) is 2. The molecule has 0 spiro atoms. The first kappa shape index (κ1) is 35.8. The van der Waals surface area contributed by atoms with Gasteiger partial charge in [0.15, 0.2) is 0 Å². The Morgan fingerprint density at radius 3 is 2.00 bits per heavy atom. The number of nitrogens with zero attached hydrogens (tertiary/aromatic N) is 2. The normalized spacial score (nSPS) is 20.9. The van der Waals surface area contributed by atoms with E-state index >= 15 is 0 Å². The van der Waals surface area contributed by atoms with Gasteiger partial charge in [-0.2, -0.15) is 11.8 Å². The lowest BCUT2D eigenvalue weighted by Crippen LogP contribution is -2.59. The molecule has 0 bridgehead atoms. The van der Waals surface area contributed by atoms with Crippen LogP contribution >= 0.6 is 11.8 Å². The van der Waals surface area contributed by atoms with Gasteiger partial charge in [-0.3, -0.25) is 28.8 Å². The van der Waals surface area contributed by atoms with Crippen LogP contribution in [0.1, 0.15) is 51.9 Å². The summed E-state index contributed by atoms with van der Waals surface area (Å²) in [5, 5.41) is 26.8. The molecule has 0 aromatic heterocycles. The molecule has 2 fully saturated rings. The number of aliphatic hydroxyl groups is 1. The lowest BCUT2D eigenvalue weighted by Gasteiger charge is -2.30. The summed E-state index contributed by atoms with van der Waals surface area (Å²) in [4.78, 5) is 89.9. The number of carbonyl (C=O) groups excluding carboxylic acids is 6. The van der Waals surface area contributed by atoms with Crippen LogP contribution in [0.3, 0.4) is 0 Å². The Morgan fingerprint density at radius 1 is 0.884 bits per heavy atom. The van der Waals surface area contributed by atoms with Gasteiger partial charge in [0, 0.05) is 19.5 Å². The molecule has 6 amide bonds. The fourth-order valence-electron chi connectivity index (χ4n) is 5.05. The topological polar surface area (TPSA) is 255 Å². The van der Waals surface area contributed by atoms with Crippen molar-refractivity contribution in [2.75, 3.05) is 31.7 Å². The van der Waals surface area contributed by atoms with Crippen molar-refractivity contribution >= 4 is 53.2 Å². The summed E-state index contributed by atoms with van der Waals surface area (Å²) >= 11 is 1.46. The number of nitrogens with two attached hydrogens (primary N) is 2. The van der Waals surface area contributed by atoms with Crippen molar-refractivity contribution in [3.8, 4) is 0 Å². The Kier molecular flexibility index (Phi) is 14.1. The molecular formula is C26H43N7O9S. The summed E-state index contributed by atoms with van der Waals surface area (Å²) in [6, 6.07) is -6.54. The highest BCUT2D eigenvalue weighted by molar-refractivity contribution is 7.98. The van der Waals surface area contributed by atoms with Crippen molar-refractivity contribution < 1.29 is 43.8 Å². The average Bonchev–Trinajstić information content (AvgIpc) is 3.66. The van der Waals surface area contributed by atoms with Crippen LogP contribution in [-0.2, 0) is 33.6 Å². The van der Waals surface area contributed by atoms with Crippen molar-refractivity contribution in [1.29, 1.82) is 0 Å². The van der Waals surface area contributed by atoms with Gasteiger partial charge in [0.25, 0.3) is 0 Å². The zero-order valence-electron chi connectivity index (χ0n) is 24.5. The minimum Gasteiger partial charge on any atom is -0.480 e. The third kappa shape index (κ3) is 10.1. The number of carboxylic acid groups (broad SMARTS) is 1. The number of primary amides is 1. The zero-order chi connectivity index (χ0) is 32.3. The molecule has 2 aliphatic heterocycles. The summed E-state index contributed by atoms with van der Waals surface area (Å²) in [7, 11) is 0. The molecule has 0 aromatic rings. The number of nitrogens with one attached hydrogen (secondary N) is 3. The average molecular weight is 630 g/mol. The predicted molar refractivity (Wildman–Crippen MR) is 155 cm³/mol. The number of hydrogen-bond acceptors (Lipinski definition) is 10. The second-order valence-electron chi connectivity index (χ2n) is 10.6. The van der Waals surface area contributed by atoms with Crippen LogP contribution in [0.4, 0.5) is 0 Å². The lowest BCUT2D eigenvalue weighted by molar-refractivity contribution is -0.149. The molecule has 16 nitrogen and oxygen atoms in total. The highest BCUT2D eigenvalue weighted by atomic mass is 32.2. The first-order valence-electron chi connectivity index (χ1n) is 14.2. The van der Waals surface area contributed by atoms with Gasteiger partial charge in [0.05, 0.1) is 12.6 Å². The summed E-state index contributed by atoms with van der Waals surface area (Å²) in [6.07, 6.45) is 3.51. The molecule has 2 saturated heterocycles. The minimum absolute atomic E-state index is 0.0515. The first-order chi connectivity index (χ1) is 20.3. The Bertz CT molecular complexity index is 1060. The minimum atomic E-state index is -1.38. The molecule has 43 heavy (non-hydrogen) atoms. The Labute approximate surface area is 254 Å². The standard InChI is InChI=1S/C26H43N7O9S/c1-14(21(36)30-16(9-12-43-2)24(39)33-11-4-6-19(33)26(41)42)29-23(38)18-5-3-10-32(18)25(40)17(13-34)31-22(37)15(27)7-8-20(28)35/h14-19,34H,3-13,27H2,1-2H3,(H2,28,35)(H,29,38)(H,30,36)(H,31,37)(H,41,42)/t14-,15-,16-,17-,18-,19-/m0/s1. The lowest BCUT2D eigenvalue weighted by atomic mass is 10.1. The molecule has 6 atom stereocenters. The van der Waals surface area contributed by atoms with Crippen LogP contribution in [-0.4, -0.2) is 129 Å². The SMILES string of the molecule is CSCC[C@H](NC(=O)[C@H](C)NC(=O)[C@@H]1CCCN1C(=O)[C@H](CO)NC(=O)[C@@H](N)CCC(N)=O)C(=O)N1CCC[C@H]1C(=O)O. The molecule has 242 valence electrons. The number of aliphatic hydroxyl groups excluding tert-OH is 1. The van der Waals surface area contributed by atoms with E-state index in [0.717, 1.165) is 0 Å². The third-order valence-electron chi connectivity index (χ3n) is 7.47. The molecule has 0 saturated carbocycles. The van der Waals surface area contributed by atoms with E-state index in [1.54, 1.807) is 0 Å². The number of hydrogen-bond donors (Lipinski definition) is 7. The highest BCUT2D eigenvalue weighted by Gasteiger charge is 2.40. The maximum atomic E-state index is 13.2. The van der Waals surface area contributed by atoms with Crippen molar-refractivity contribution in [2.45, 2.75) is 88.1 Å². The maximum absolute atomic E-state index is 13.2. The molecule has 17 heteroatoms. The molecule has 2 rings (SSSR count). The van der Waals surface area contributed by atoms with Gasteiger partial charge in [-0.25, -0.2) is 4.79 Å². The maximum Gasteiger partial charge on any atom is 0.326 e. The largest absolute Gasteiger partial charge is 0.480 e. The molecule has 2 heterocycles. The molecule has 0 aromatic carbocycles. The van der Waals surface area contributed by atoms with E-state index in [2.05, 4.69) is 16.0 Å². The van der Waals surface area contributed by atoms with Crippen LogP contribution < -0.4 is 27.4 Å². The van der Waals surface area contributed by atoms with Gasteiger partial charge >= 0.3 is 5.97 Å². The van der Waals surface area contributed by atoms with E-state index in [9.17, 15) is 43.8 Å². The zero-order valence-corrected chi connectivity index (χ0v) is 25.3. The van der Waals surface area contributed by atoms with Gasteiger partial charge in [-0.05, 0) is 57.5 Å². The van der Waals surface area contributed by atoms with Crippen LogP contribution in [0, 0.1) is 0 Å². The molecule has 2 aliphatic rings. The Balaban J connectivity index is 2.02. The summed E-state index contributed by atoms with van der Waals surface area (Å²) in [5.74, 6) is -4.49. The quantitative estimate of drug-likeness (QED) is 0.0898. The van der Waals surface area contributed by atoms with Crippen molar-refractivity contribution in [2.24, 2.45) is 11.5 Å². The highest BCUT2D eigenvalue weighted by Crippen LogP contribution is 2.21. The fourth-order valence-corrected chi connectivity index (χ4v) is 5.52. The van der Waals surface area contributed by atoms with Crippen LogP contribution in [0.15, 0.2) is 0 Å². The number of aliphatic carboxylic acids is 1. The molecule has 0 unspecified atom stereocenters. The van der Waals surface area contributed by atoms with E-state index in [-0.39, 0.29) is 38.8 Å². The van der Waals surface area contributed by atoms with Gasteiger partial charge < -0.3 is 47.4 Å². The molecular weight excluding hydrogens is 586 g/mol. The second-order valence-corrected chi connectivity index (χ2v) is 11.6. The molecule has 9 N–H and O–H groups in total. The van der Waals surface area contributed by atoms with Crippen molar-refractivity contribution in [3.05, 3.63) is 0 Å². The van der Waals surface area contributed by atoms with Gasteiger partial charge in [0.2, 0.25) is 35.4 Å². The number of carbonyl (C=O) groups is 7. The van der Waals surface area contributed by atoms with E-state index in [4.69, 9.17) is 11.5 Å². The summed E-state index contributed by atoms with van der Waals surface area (Å²) in [5.41, 5.74) is 10.8. The smallest absolute Gasteiger partial charge is 0.326 e. The predicted octanol–water partition coefficient (Wildman–Crippen LogP) is -3.13. The van der Waals surface area contributed by atoms with Crippen molar-refractivity contribution in [1.82, 2.24) is 25.8 Å². The number of carboxylic acids is 1. The molecule has 0 radical (unpaired) electrons. The van der Waals surface area contributed by atoms with E-state index in [0.29, 0.717) is 25.0 Å². The van der Waals surface area contributed by atoms with Gasteiger partial charge in [-0.15, -0.1) is 0 Å². The number of thioether (sulfide) groups is 1. The number of rotatable bonds is 16. The monoisotopic (exact) mass is 629 g/mol. The second kappa shape index (κ2) is 17.0. The van der Waals surface area contributed by atoms with E-state index < -0.39 is 84.3 Å². The summed E-state index contributed by atoms with van der Waals surface area (Å²) in [6.45, 7) is 1.10. The summed E-state index contributed by atoms with van der Waals surface area (Å²) < 4.78 is 0. The van der Waals surface area contributed by atoms with Crippen LogP contribution in [0.5, 0.6) is 0 Å². The first-order valence-corrected chi connectivity index (χ1v) is 15.6. The third-order valence-corrected chi connectivity index (χ3v) is 8.12. The van der Waals surface area contributed by atoms with Gasteiger partial charge in [0.1, 0.15) is 30.2 Å². The van der Waals surface area contributed by atoms with E-state index in [1.807, 2.05) is 6.26 Å². The Morgan fingerprint density at radius 2 is 1.44 bits per heavy atom. The van der Waals surface area contributed by atoms with Gasteiger partial charge in [-0.1, -0.05) is 0 Å². The van der Waals surface area contributed by atoms with E-state index in [1.165, 1.54) is 28.5 Å². The molecule has 0 aliphatic carbocycles. The number of amides is 6. The fraction of sp³-hybridized carbons (Fsp3) is 0.731. The van der Waals surface area contributed by atoms with Crippen LogP contribution in [0.2, 0.25) is 0 Å². The van der Waals surface area contributed by atoms with Crippen molar-refractivity contribution in [3.63, 3.8) is 0 Å². The Hall–Kier alpha value is -3.44.